The molecule has 2 heterocycles. The predicted octanol–water partition coefficient (Wildman–Crippen LogP) is 4.44. The Kier molecular flexibility index (Phi) is 6.09. The number of hydrogen-bond donors (Lipinski definition) is 2. The van der Waals surface area contributed by atoms with Gasteiger partial charge in [-0.05, 0) is 42.7 Å². The minimum atomic E-state index is 0.0202. The van der Waals surface area contributed by atoms with Gasteiger partial charge < -0.3 is 10.0 Å². The van der Waals surface area contributed by atoms with Crippen molar-refractivity contribution < 1.29 is 9.90 Å². The van der Waals surface area contributed by atoms with Gasteiger partial charge in [-0.15, -0.1) is 0 Å². The number of nitrogens with zero attached hydrogens (tertiary/aromatic N) is 2. The number of phenols is 1. The summed E-state index contributed by atoms with van der Waals surface area (Å²) in [5, 5.41) is 11.7. The van der Waals surface area contributed by atoms with E-state index in [0.717, 1.165) is 24.1 Å². The summed E-state index contributed by atoms with van der Waals surface area (Å²) in [4.78, 5) is 15.3. The topological polar surface area (TPSA) is 55.8 Å². The molecule has 158 valence electrons. The number of aryl methyl sites for hydroxylation is 1. The summed E-state index contributed by atoms with van der Waals surface area (Å²) in [6, 6.07) is 15.9. The lowest BCUT2D eigenvalue weighted by Crippen LogP contribution is -2.56. The number of rotatable bonds is 7. The summed E-state index contributed by atoms with van der Waals surface area (Å²) < 4.78 is 0. The second-order valence-electron chi connectivity index (χ2n) is 8.44. The number of carbonyl (C=O) groups excluding carboxylic acids is 1. The molecule has 5 heteroatoms. The molecule has 4 rings (SSSR count). The number of amides is 1. The summed E-state index contributed by atoms with van der Waals surface area (Å²) in [6.07, 6.45) is 6.67. The first-order valence-electron chi connectivity index (χ1n) is 11.0. The number of benzene rings is 2. The molecule has 2 aliphatic rings. The molecule has 1 amide bonds. The number of carbonyl (C=O) groups is 1. The van der Waals surface area contributed by atoms with Gasteiger partial charge in [0.15, 0.2) is 0 Å². The van der Waals surface area contributed by atoms with Gasteiger partial charge in [0.1, 0.15) is 11.4 Å². The van der Waals surface area contributed by atoms with Crippen LogP contribution in [0.3, 0.4) is 0 Å². The molecule has 0 spiro atoms. The fraction of sp³-hybridized carbons (Fsp3) is 0.400. The highest BCUT2D eigenvalue weighted by atomic mass is 16.3. The molecule has 2 N–H and O–H groups in total. The number of hydrogen-bond acceptors (Lipinski definition) is 4. The number of phenolic OH excluding ortho intramolecular Hbond substituents is 1. The standard InChI is InChI=1S/C25H31N3O2/c1-3-4-5-6-21-17-27(16-19-9-13-22(29)14-10-19)25(30)24-15-23(26-28(21)24)20-11-7-18(2)8-12-20/h7-15,21,23,26,29H,3-6,16-17H2,1-2H3. The lowest BCUT2D eigenvalue weighted by molar-refractivity contribution is -0.135. The van der Waals surface area contributed by atoms with Crippen LogP contribution in [0.5, 0.6) is 5.75 Å². The second-order valence-corrected chi connectivity index (χ2v) is 8.44. The highest BCUT2D eigenvalue weighted by Crippen LogP contribution is 2.32. The van der Waals surface area contributed by atoms with Crippen molar-refractivity contribution in [3.8, 4) is 5.75 Å². The first kappa shape index (κ1) is 20.5. The Bertz CT molecular complexity index is 905. The summed E-state index contributed by atoms with van der Waals surface area (Å²) in [5.41, 5.74) is 7.78. The molecule has 2 aromatic rings. The SMILES string of the molecule is CCCCCC1CN(Cc2ccc(O)cc2)C(=O)C2=CC(c3ccc(C)cc3)NN21. The van der Waals surface area contributed by atoms with Crippen LogP contribution in [0, 0.1) is 6.92 Å². The van der Waals surface area contributed by atoms with E-state index in [4.69, 9.17) is 0 Å². The quantitative estimate of drug-likeness (QED) is 0.669. The van der Waals surface area contributed by atoms with Crippen molar-refractivity contribution in [2.24, 2.45) is 0 Å². The zero-order valence-corrected chi connectivity index (χ0v) is 17.8. The monoisotopic (exact) mass is 405 g/mol. The van der Waals surface area contributed by atoms with Gasteiger partial charge in [0.05, 0.1) is 12.1 Å². The summed E-state index contributed by atoms with van der Waals surface area (Å²) >= 11 is 0. The normalized spacial score (nSPS) is 21.0. The minimum Gasteiger partial charge on any atom is -0.508 e. The third kappa shape index (κ3) is 4.36. The first-order valence-corrected chi connectivity index (χ1v) is 11.0. The molecule has 5 nitrogen and oxygen atoms in total. The summed E-state index contributed by atoms with van der Waals surface area (Å²) in [6.45, 7) is 5.56. The molecule has 2 unspecified atom stereocenters. The summed E-state index contributed by atoms with van der Waals surface area (Å²) in [5.74, 6) is 0.313. The van der Waals surface area contributed by atoms with E-state index in [1.54, 1.807) is 12.1 Å². The van der Waals surface area contributed by atoms with Crippen LogP contribution in [0.4, 0.5) is 0 Å². The average molecular weight is 406 g/mol. The molecule has 2 aromatic carbocycles. The van der Waals surface area contributed by atoms with Crippen molar-refractivity contribution >= 4 is 5.91 Å². The third-order valence-corrected chi connectivity index (χ3v) is 6.05. The summed E-state index contributed by atoms with van der Waals surface area (Å²) in [7, 11) is 0. The molecule has 2 aliphatic heterocycles. The first-order chi connectivity index (χ1) is 14.5. The highest BCUT2D eigenvalue weighted by molar-refractivity contribution is 5.94. The van der Waals surface area contributed by atoms with Gasteiger partial charge in [-0.1, -0.05) is 68.1 Å². The Labute approximate surface area is 179 Å². The number of fused-ring (bicyclic) bond motifs is 1. The fourth-order valence-corrected chi connectivity index (χ4v) is 4.31. The van der Waals surface area contributed by atoms with Crippen molar-refractivity contribution in [3.63, 3.8) is 0 Å². The Morgan fingerprint density at radius 3 is 2.50 bits per heavy atom. The average Bonchev–Trinajstić information content (AvgIpc) is 3.19. The molecule has 0 bridgehead atoms. The van der Waals surface area contributed by atoms with Crippen LogP contribution in [0.25, 0.3) is 0 Å². The van der Waals surface area contributed by atoms with Gasteiger partial charge in [0.2, 0.25) is 0 Å². The molecular weight excluding hydrogens is 374 g/mol. The van der Waals surface area contributed by atoms with Crippen LogP contribution in [0.1, 0.15) is 55.3 Å². The maximum atomic E-state index is 13.3. The van der Waals surface area contributed by atoms with Crippen molar-refractivity contribution in [2.75, 3.05) is 6.54 Å². The number of hydrazine groups is 1. The Morgan fingerprint density at radius 1 is 1.07 bits per heavy atom. The zero-order chi connectivity index (χ0) is 21.1. The molecule has 1 saturated heterocycles. The Hall–Kier alpha value is -2.79. The lowest BCUT2D eigenvalue weighted by Gasteiger charge is -2.41. The van der Waals surface area contributed by atoms with Crippen molar-refractivity contribution in [1.29, 1.82) is 0 Å². The maximum absolute atomic E-state index is 13.3. The number of unbranched alkanes of at least 4 members (excludes halogenated alkanes) is 2. The number of aromatic hydroxyl groups is 1. The molecule has 1 fully saturated rings. The highest BCUT2D eigenvalue weighted by Gasteiger charge is 2.40. The van der Waals surface area contributed by atoms with Gasteiger partial charge in [0.25, 0.3) is 5.91 Å². The maximum Gasteiger partial charge on any atom is 0.271 e. The van der Waals surface area contributed by atoms with Crippen molar-refractivity contribution in [2.45, 2.75) is 58.2 Å². The molecule has 0 radical (unpaired) electrons. The zero-order valence-electron chi connectivity index (χ0n) is 17.8. The molecular formula is C25H31N3O2. The molecule has 2 atom stereocenters. The number of piperazine rings is 1. The van der Waals surface area contributed by atoms with Crippen molar-refractivity contribution in [1.82, 2.24) is 15.3 Å². The van der Waals surface area contributed by atoms with Gasteiger partial charge in [-0.2, -0.15) is 0 Å². The van der Waals surface area contributed by atoms with E-state index in [1.165, 1.54) is 24.0 Å². The second kappa shape index (κ2) is 8.92. The van der Waals surface area contributed by atoms with Crippen LogP contribution >= 0.6 is 0 Å². The van der Waals surface area contributed by atoms with Gasteiger partial charge in [0, 0.05) is 13.1 Å². The minimum absolute atomic E-state index is 0.0202. The smallest absolute Gasteiger partial charge is 0.271 e. The molecule has 0 saturated carbocycles. The molecule has 0 aromatic heterocycles. The van der Waals surface area contributed by atoms with E-state index >= 15 is 0 Å². The Morgan fingerprint density at radius 2 is 1.80 bits per heavy atom. The Balaban J connectivity index is 1.57. The number of nitrogens with one attached hydrogen (secondary N) is 1. The van der Waals surface area contributed by atoms with Crippen LogP contribution in [-0.4, -0.2) is 33.5 Å². The predicted molar refractivity (Wildman–Crippen MR) is 118 cm³/mol. The van der Waals surface area contributed by atoms with Crippen LogP contribution in [0.2, 0.25) is 0 Å². The van der Waals surface area contributed by atoms with Gasteiger partial charge >= 0.3 is 0 Å². The van der Waals surface area contributed by atoms with Gasteiger partial charge in [-0.25, -0.2) is 5.43 Å². The van der Waals surface area contributed by atoms with Crippen LogP contribution in [-0.2, 0) is 11.3 Å². The lowest BCUT2D eigenvalue weighted by atomic mass is 10.0. The van der Waals surface area contributed by atoms with Crippen molar-refractivity contribution in [3.05, 3.63) is 77.0 Å². The van der Waals surface area contributed by atoms with E-state index in [9.17, 15) is 9.90 Å². The van der Waals surface area contributed by atoms with E-state index in [1.807, 2.05) is 17.0 Å². The van der Waals surface area contributed by atoms with Gasteiger partial charge in [-0.3, -0.25) is 9.80 Å². The van der Waals surface area contributed by atoms with E-state index in [-0.39, 0.29) is 23.7 Å². The van der Waals surface area contributed by atoms with Crippen LogP contribution < -0.4 is 5.43 Å². The third-order valence-electron chi connectivity index (χ3n) is 6.05. The van der Waals surface area contributed by atoms with Crippen LogP contribution in [0.15, 0.2) is 60.3 Å². The molecule has 30 heavy (non-hydrogen) atoms. The fourth-order valence-electron chi connectivity index (χ4n) is 4.31. The van der Waals surface area contributed by atoms with E-state index in [0.29, 0.717) is 13.1 Å². The largest absolute Gasteiger partial charge is 0.508 e. The van der Waals surface area contributed by atoms with E-state index in [2.05, 4.69) is 54.6 Å². The van der Waals surface area contributed by atoms with E-state index < -0.39 is 0 Å². The molecule has 0 aliphatic carbocycles.